The highest BCUT2D eigenvalue weighted by atomic mass is 35.5. The summed E-state index contributed by atoms with van der Waals surface area (Å²) in [4.78, 5) is 35.6. The number of benzene rings is 2. The summed E-state index contributed by atoms with van der Waals surface area (Å²) in [5, 5.41) is 7.80. The van der Waals surface area contributed by atoms with Crippen LogP contribution in [-0.2, 0) is 4.79 Å². The predicted molar refractivity (Wildman–Crippen MR) is 109 cm³/mol. The monoisotopic (exact) mass is 414 g/mol. The average Bonchev–Trinajstić information content (AvgIpc) is 2.70. The van der Waals surface area contributed by atoms with Crippen molar-refractivity contribution >= 4 is 34.9 Å². The molecule has 0 saturated heterocycles. The summed E-state index contributed by atoms with van der Waals surface area (Å²) in [5.41, 5.74) is 0.457. The minimum Gasteiger partial charge on any atom is -0.329 e. The predicted octanol–water partition coefficient (Wildman–Crippen LogP) is 3.39. The number of anilines is 2. The van der Waals surface area contributed by atoms with Gasteiger partial charge in [0.25, 0.3) is 5.56 Å². The number of hydrogen-bond donors (Lipinski definition) is 3. The number of halogens is 2. The summed E-state index contributed by atoms with van der Waals surface area (Å²) in [6.07, 6.45) is 1.51. The summed E-state index contributed by atoms with van der Waals surface area (Å²) in [6.45, 7) is -0.362. The van der Waals surface area contributed by atoms with E-state index in [4.69, 9.17) is 11.6 Å². The van der Waals surface area contributed by atoms with Gasteiger partial charge in [-0.05, 0) is 42.5 Å². The van der Waals surface area contributed by atoms with E-state index >= 15 is 0 Å². The van der Waals surface area contributed by atoms with Crippen molar-refractivity contribution in [2.75, 3.05) is 17.2 Å². The molecule has 148 valence electrons. The van der Waals surface area contributed by atoms with Crippen LogP contribution in [0.1, 0.15) is 0 Å². The van der Waals surface area contributed by atoms with Crippen LogP contribution in [0, 0.1) is 5.82 Å². The molecule has 0 bridgehead atoms. The molecule has 0 atom stereocenters. The van der Waals surface area contributed by atoms with Gasteiger partial charge in [-0.2, -0.15) is 0 Å². The molecule has 0 aliphatic carbocycles. The van der Waals surface area contributed by atoms with Crippen LogP contribution in [0.15, 0.2) is 71.7 Å². The number of pyridine rings is 1. The van der Waals surface area contributed by atoms with Gasteiger partial charge in [0.05, 0.1) is 17.9 Å². The molecule has 7 nitrogen and oxygen atoms in total. The van der Waals surface area contributed by atoms with Gasteiger partial charge in [-0.3, -0.25) is 14.2 Å². The summed E-state index contributed by atoms with van der Waals surface area (Å²) in [5.74, 6) is -1.32. The first-order valence-electron chi connectivity index (χ1n) is 8.50. The first-order valence-corrected chi connectivity index (χ1v) is 8.88. The van der Waals surface area contributed by atoms with Crippen molar-refractivity contribution in [1.82, 2.24) is 9.88 Å². The standard InChI is InChI=1S/C20H16ClFN4O3/c21-13-4-6-14(7-5-13)24-20(29)23-12-18(27)25-17-9-8-15(11-16(17)22)26-10-2-1-3-19(26)28/h1-11H,12H2,(H,25,27)(H2,23,24,29). The average molecular weight is 415 g/mol. The highest BCUT2D eigenvalue weighted by molar-refractivity contribution is 6.30. The second-order valence-electron chi connectivity index (χ2n) is 5.94. The zero-order chi connectivity index (χ0) is 20.8. The molecule has 3 aromatic rings. The number of hydrogen-bond acceptors (Lipinski definition) is 3. The van der Waals surface area contributed by atoms with Crippen LogP contribution in [0.25, 0.3) is 5.69 Å². The third-order valence-electron chi connectivity index (χ3n) is 3.84. The number of rotatable bonds is 5. The van der Waals surface area contributed by atoms with Crippen LogP contribution < -0.4 is 21.5 Å². The van der Waals surface area contributed by atoms with E-state index in [1.165, 1.54) is 29.0 Å². The van der Waals surface area contributed by atoms with Gasteiger partial charge in [-0.25, -0.2) is 9.18 Å². The molecular weight excluding hydrogens is 399 g/mol. The molecule has 3 N–H and O–H groups in total. The topological polar surface area (TPSA) is 92.2 Å². The maximum atomic E-state index is 14.3. The molecule has 0 saturated carbocycles. The van der Waals surface area contributed by atoms with Crippen LogP contribution in [-0.4, -0.2) is 23.1 Å². The molecule has 1 aromatic heterocycles. The zero-order valence-corrected chi connectivity index (χ0v) is 15.7. The largest absolute Gasteiger partial charge is 0.329 e. The Morgan fingerprint density at radius 1 is 1.00 bits per heavy atom. The van der Waals surface area contributed by atoms with E-state index in [1.54, 1.807) is 36.4 Å². The highest BCUT2D eigenvalue weighted by Crippen LogP contribution is 2.17. The van der Waals surface area contributed by atoms with E-state index in [1.807, 2.05) is 0 Å². The lowest BCUT2D eigenvalue weighted by atomic mass is 10.2. The number of nitrogens with one attached hydrogen (secondary N) is 3. The molecule has 29 heavy (non-hydrogen) atoms. The Hall–Kier alpha value is -3.65. The summed E-state index contributed by atoms with van der Waals surface area (Å²) < 4.78 is 15.6. The molecule has 3 amide bonds. The highest BCUT2D eigenvalue weighted by Gasteiger charge is 2.10. The van der Waals surface area contributed by atoms with Crippen molar-refractivity contribution in [3.63, 3.8) is 0 Å². The third kappa shape index (κ3) is 5.43. The Kier molecular flexibility index (Phi) is 6.25. The fraction of sp³-hybridized carbons (Fsp3) is 0.0500. The molecule has 0 radical (unpaired) electrons. The van der Waals surface area contributed by atoms with E-state index in [2.05, 4.69) is 16.0 Å². The minimum absolute atomic E-state index is 0.0670. The first kappa shape index (κ1) is 20.1. The maximum Gasteiger partial charge on any atom is 0.319 e. The van der Waals surface area contributed by atoms with Crippen LogP contribution in [0.2, 0.25) is 5.02 Å². The van der Waals surface area contributed by atoms with Gasteiger partial charge in [0.2, 0.25) is 5.91 Å². The molecule has 0 aliphatic rings. The van der Waals surface area contributed by atoms with Crippen molar-refractivity contribution in [2.45, 2.75) is 0 Å². The molecule has 9 heteroatoms. The van der Waals surface area contributed by atoms with Gasteiger partial charge >= 0.3 is 6.03 Å². The molecule has 1 heterocycles. The SMILES string of the molecule is O=C(CNC(=O)Nc1ccc(Cl)cc1)Nc1ccc(-n2ccccc2=O)cc1F. The van der Waals surface area contributed by atoms with Gasteiger partial charge in [0.15, 0.2) is 0 Å². The number of carbonyl (C=O) groups is 2. The summed E-state index contributed by atoms with van der Waals surface area (Å²) in [6, 6.07) is 14.4. The lowest BCUT2D eigenvalue weighted by molar-refractivity contribution is -0.115. The first-order chi connectivity index (χ1) is 13.9. The van der Waals surface area contributed by atoms with Crippen molar-refractivity contribution in [3.8, 4) is 5.69 Å². The Morgan fingerprint density at radius 3 is 2.45 bits per heavy atom. The molecule has 2 aromatic carbocycles. The zero-order valence-electron chi connectivity index (χ0n) is 15.0. The van der Waals surface area contributed by atoms with Gasteiger partial charge in [0.1, 0.15) is 5.82 Å². The van der Waals surface area contributed by atoms with Crippen molar-refractivity contribution in [3.05, 3.63) is 88.1 Å². The van der Waals surface area contributed by atoms with Gasteiger partial charge in [-0.15, -0.1) is 0 Å². The van der Waals surface area contributed by atoms with E-state index in [0.717, 1.165) is 6.07 Å². The molecule has 3 rings (SSSR count). The van der Waals surface area contributed by atoms with Gasteiger partial charge < -0.3 is 16.0 Å². The number of amides is 3. The Labute approximate surface area is 170 Å². The van der Waals surface area contributed by atoms with Crippen molar-refractivity contribution in [2.24, 2.45) is 0 Å². The van der Waals surface area contributed by atoms with Gasteiger partial charge in [-0.1, -0.05) is 17.7 Å². The second kappa shape index (κ2) is 9.03. The van der Waals surface area contributed by atoms with Crippen LogP contribution in [0.3, 0.4) is 0 Å². The quantitative estimate of drug-likeness (QED) is 0.597. The number of urea groups is 1. The number of aromatic nitrogens is 1. The fourth-order valence-corrected chi connectivity index (χ4v) is 2.59. The maximum absolute atomic E-state index is 14.3. The second-order valence-corrected chi connectivity index (χ2v) is 6.37. The Morgan fingerprint density at radius 2 is 1.76 bits per heavy atom. The van der Waals surface area contributed by atoms with E-state index in [-0.39, 0.29) is 17.8 Å². The molecule has 0 spiro atoms. The Bertz CT molecular complexity index is 1100. The van der Waals surface area contributed by atoms with Crippen molar-refractivity contribution < 1.29 is 14.0 Å². The minimum atomic E-state index is -0.711. The normalized spacial score (nSPS) is 10.3. The van der Waals surface area contributed by atoms with Crippen molar-refractivity contribution in [1.29, 1.82) is 0 Å². The molecular formula is C20H16ClFN4O3. The smallest absolute Gasteiger partial charge is 0.319 e. The van der Waals surface area contributed by atoms with Crippen LogP contribution in [0.4, 0.5) is 20.6 Å². The molecule has 0 aliphatic heterocycles. The van der Waals surface area contributed by atoms with E-state index in [0.29, 0.717) is 16.4 Å². The van der Waals surface area contributed by atoms with Crippen LogP contribution >= 0.6 is 11.6 Å². The number of nitrogens with zero attached hydrogens (tertiary/aromatic N) is 1. The van der Waals surface area contributed by atoms with Crippen LogP contribution in [0.5, 0.6) is 0 Å². The number of carbonyl (C=O) groups excluding carboxylic acids is 2. The molecule has 0 unspecified atom stereocenters. The summed E-state index contributed by atoms with van der Waals surface area (Å²) >= 11 is 5.76. The van der Waals surface area contributed by atoms with E-state index < -0.39 is 17.8 Å². The third-order valence-corrected chi connectivity index (χ3v) is 4.09. The lowest BCUT2D eigenvalue weighted by Crippen LogP contribution is -2.35. The molecule has 0 fully saturated rings. The van der Waals surface area contributed by atoms with E-state index in [9.17, 15) is 18.8 Å². The Balaban J connectivity index is 1.56. The lowest BCUT2D eigenvalue weighted by Gasteiger charge is -2.11. The fourth-order valence-electron chi connectivity index (χ4n) is 2.46. The summed E-state index contributed by atoms with van der Waals surface area (Å²) in [7, 11) is 0. The van der Waals surface area contributed by atoms with Gasteiger partial charge in [0, 0.05) is 29.0 Å².